The van der Waals surface area contributed by atoms with Crippen LogP contribution in [0.5, 0.6) is 17.4 Å². The zero-order chi connectivity index (χ0) is 19.1. The van der Waals surface area contributed by atoms with Crippen LogP contribution in [0.2, 0.25) is 0 Å². The van der Waals surface area contributed by atoms with E-state index in [9.17, 15) is 10.2 Å². The van der Waals surface area contributed by atoms with E-state index >= 15 is 0 Å². The maximum atomic E-state index is 10.4. The number of hydrogen-bond donors (Lipinski definition) is 2. The van der Waals surface area contributed by atoms with Crippen molar-refractivity contribution in [3.8, 4) is 28.5 Å². The third-order valence-corrected chi connectivity index (χ3v) is 4.23. The molecule has 0 aliphatic heterocycles. The van der Waals surface area contributed by atoms with Crippen LogP contribution in [0.25, 0.3) is 11.1 Å². The Morgan fingerprint density at radius 2 is 1.73 bits per heavy atom. The second-order valence-electron chi connectivity index (χ2n) is 6.66. The van der Waals surface area contributed by atoms with Crippen molar-refractivity contribution in [2.24, 2.45) is 0 Å². The van der Waals surface area contributed by atoms with Gasteiger partial charge in [0.1, 0.15) is 11.5 Å². The molecule has 138 valence electrons. The minimum atomic E-state index is 0.0872. The van der Waals surface area contributed by atoms with Gasteiger partial charge in [-0.1, -0.05) is 23.3 Å². The number of nitrogens with zero attached hydrogens (tertiary/aromatic N) is 1. The van der Waals surface area contributed by atoms with Gasteiger partial charge >= 0.3 is 0 Å². The van der Waals surface area contributed by atoms with Crippen molar-refractivity contribution in [1.29, 1.82) is 0 Å². The molecule has 0 atom stereocenters. The summed E-state index contributed by atoms with van der Waals surface area (Å²) in [5.74, 6) is 0.695. The molecule has 1 heterocycles. The van der Waals surface area contributed by atoms with Gasteiger partial charge in [-0.15, -0.1) is 0 Å². The number of phenols is 2. The Morgan fingerprint density at radius 3 is 2.27 bits per heavy atom. The zero-order valence-electron chi connectivity index (χ0n) is 15.9. The monoisotopic (exact) mass is 353 g/mol. The predicted molar refractivity (Wildman–Crippen MR) is 106 cm³/mol. The summed E-state index contributed by atoms with van der Waals surface area (Å²) in [6.07, 6.45) is 8.40. The number of benzene rings is 1. The molecular formula is C22H27NO3. The van der Waals surface area contributed by atoms with Gasteiger partial charge in [-0.3, -0.25) is 0 Å². The number of hydrogen-bond acceptors (Lipinski definition) is 4. The lowest BCUT2D eigenvalue weighted by Crippen LogP contribution is -1.90. The molecule has 0 radical (unpaired) electrons. The van der Waals surface area contributed by atoms with Crippen LogP contribution in [0.4, 0.5) is 0 Å². The summed E-state index contributed by atoms with van der Waals surface area (Å²) in [5, 5.41) is 20.7. The van der Waals surface area contributed by atoms with E-state index in [0.717, 1.165) is 18.4 Å². The van der Waals surface area contributed by atoms with E-state index in [1.807, 2.05) is 6.07 Å². The van der Waals surface area contributed by atoms with E-state index < -0.39 is 0 Å². The highest BCUT2D eigenvalue weighted by atomic mass is 16.5. The summed E-state index contributed by atoms with van der Waals surface area (Å²) in [6, 6.07) is 6.90. The lowest BCUT2D eigenvalue weighted by molar-refractivity contribution is 0.398. The summed E-state index contributed by atoms with van der Waals surface area (Å²) < 4.78 is 5.05. The smallest absolute Gasteiger partial charge is 0.212 e. The molecule has 0 saturated carbocycles. The summed E-state index contributed by atoms with van der Waals surface area (Å²) in [5.41, 5.74) is 4.61. The number of ether oxygens (including phenoxy) is 1. The molecule has 0 aliphatic carbocycles. The molecule has 0 amide bonds. The van der Waals surface area contributed by atoms with E-state index in [1.165, 1.54) is 11.1 Å². The molecule has 2 aromatic rings. The summed E-state index contributed by atoms with van der Waals surface area (Å²) >= 11 is 0. The molecule has 0 fully saturated rings. The molecule has 26 heavy (non-hydrogen) atoms. The quantitative estimate of drug-likeness (QED) is 0.654. The Bertz CT molecular complexity index is 778. The minimum Gasteiger partial charge on any atom is -0.507 e. The molecule has 1 aromatic heterocycles. The van der Waals surface area contributed by atoms with Crippen molar-refractivity contribution in [3.63, 3.8) is 0 Å². The predicted octanol–water partition coefficient (Wildman–Crippen LogP) is 5.40. The van der Waals surface area contributed by atoms with Gasteiger partial charge in [-0.2, -0.15) is 0 Å². The normalized spacial score (nSPS) is 11.3. The SMILES string of the molecule is COc1ccc(-c2cc(O)c(C/C=C(\C)CCC=C(C)C)c(O)c2)cn1. The fraction of sp³-hybridized carbons (Fsp3) is 0.318. The van der Waals surface area contributed by atoms with E-state index in [2.05, 4.69) is 37.9 Å². The van der Waals surface area contributed by atoms with Gasteiger partial charge in [0, 0.05) is 23.4 Å². The van der Waals surface area contributed by atoms with Crippen LogP contribution in [0, 0.1) is 0 Å². The maximum absolute atomic E-state index is 10.4. The Kier molecular flexibility index (Phi) is 6.84. The Balaban J connectivity index is 2.14. The standard InChI is InChI=1S/C22H27NO3/c1-15(2)6-5-7-16(3)8-10-19-20(24)12-18(13-21(19)25)17-9-11-22(26-4)23-14-17/h6,8-9,11-14,24-25H,5,7,10H2,1-4H3/b16-8+. The van der Waals surface area contributed by atoms with Crippen LogP contribution in [0.3, 0.4) is 0 Å². The van der Waals surface area contributed by atoms with Crippen molar-refractivity contribution < 1.29 is 14.9 Å². The first-order valence-electron chi connectivity index (χ1n) is 8.75. The lowest BCUT2D eigenvalue weighted by Gasteiger charge is -2.10. The number of pyridine rings is 1. The molecular weight excluding hydrogens is 326 g/mol. The van der Waals surface area contributed by atoms with Gasteiger partial charge in [0.05, 0.1) is 7.11 Å². The molecule has 0 spiro atoms. The number of rotatable bonds is 7. The van der Waals surface area contributed by atoms with Crippen molar-refractivity contribution >= 4 is 0 Å². The highest BCUT2D eigenvalue weighted by molar-refractivity contribution is 5.68. The first kappa shape index (κ1) is 19.6. The Labute approximate surface area is 155 Å². The average Bonchev–Trinajstić information content (AvgIpc) is 2.60. The first-order valence-corrected chi connectivity index (χ1v) is 8.75. The van der Waals surface area contributed by atoms with Gasteiger partial charge in [-0.25, -0.2) is 4.98 Å². The number of aromatic hydroxyl groups is 2. The van der Waals surface area contributed by atoms with E-state index in [-0.39, 0.29) is 11.5 Å². The second-order valence-corrected chi connectivity index (χ2v) is 6.66. The summed E-state index contributed by atoms with van der Waals surface area (Å²) in [7, 11) is 1.56. The lowest BCUT2D eigenvalue weighted by atomic mass is 10.0. The third kappa shape index (κ3) is 5.38. The zero-order valence-corrected chi connectivity index (χ0v) is 15.9. The highest BCUT2D eigenvalue weighted by Crippen LogP contribution is 2.34. The van der Waals surface area contributed by atoms with Gasteiger partial charge < -0.3 is 14.9 Å². The number of methoxy groups -OCH3 is 1. The van der Waals surface area contributed by atoms with Crippen LogP contribution in [-0.2, 0) is 6.42 Å². The fourth-order valence-electron chi connectivity index (χ4n) is 2.66. The molecule has 4 nitrogen and oxygen atoms in total. The van der Waals surface area contributed by atoms with Gasteiger partial charge in [0.25, 0.3) is 0 Å². The number of phenolic OH excluding ortho intramolecular Hbond substituents is 2. The molecule has 0 saturated heterocycles. The fourth-order valence-corrected chi connectivity index (χ4v) is 2.66. The Hall–Kier alpha value is -2.75. The Morgan fingerprint density at radius 1 is 1.04 bits per heavy atom. The molecule has 2 rings (SSSR count). The molecule has 2 N–H and O–H groups in total. The van der Waals surface area contributed by atoms with Crippen LogP contribution in [0.15, 0.2) is 53.8 Å². The van der Waals surface area contributed by atoms with E-state index in [1.54, 1.807) is 31.5 Å². The maximum Gasteiger partial charge on any atom is 0.212 e. The summed E-state index contributed by atoms with van der Waals surface area (Å²) in [6.45, 7) is 6.26. The first-order chi connectivity index (χ1) is 12.4. The molecule has 4 heteroatoms. The molecule has 0 aliphatic rings. The molecule has 1 aromatic carbocycles. The summed E-state index contributed by atoms with van der Waals surface area (Å²) in [4.78, 5) is 4.16. The average molecular weight is 353 g/mol. The van der Waals surface area contributed by atoms with Crippen LogP contribution >= 0.6 is 0 Å². The van der Waals surface area contributed by atoms with Gasteiger partial charge in [0.2, 0.25) is 5.88 Å². The number of allylic oxidation sites excluding steroid dienone is 4. The highest BCUT2D eigenvalue weighted by Gasteiger charge is 2.10. The molecule has 0 bridgehead atoms. The van der Waals surface area contributed by atoms with E-state index in [0.29, 0.717) is 23.4 Å². The van der Waals surface area contributed by atoms with Crippen LogP contribution in [-0.4, -0.2) is 22.3 Å². The van der Waals surface area contributed by atoms with Gasteiger partial charge in [0.15, 0.2) is 0 Å². The van der Waals surface area contributed by atoms with Crippen molar-refractivity contribution in [3.05, 3.63) is 59.3 Å². The third-order valence-electron chi connectivity index (χ3n) is 4.23. The van der Waals surface area contributed by atoms with Gasteiger partial charge in [-0.05, 0) is 63.8 Å². The van der Waals surface area contributed by atoms with Crippen LogP contribution < -0.4 is 4.74 Å². The number of aromatic nitrogens is 1. The molecule has 0 unspecified atom stereocenters. The van der Waals surface area contributed by atoms with Crippen LogP contribution in [0.1, 0.15) is 39.2 Å². The van der Waals surface area contributed by atoms with E-state index in [4.69, 9.17) is 4.74 Å². The van der Waals surface area contributed by atoms with Crippen molar-refractivity contribution in [2.45, 2.75) is 40.0 Å². The minimum absolute atomic E-state index is 0.0872. The largest absolute Gasteiger partial charge is 0.507 e. The topological polar surface area (TPSA) is 62.6 Å². The van der Waals surface area contributed by atoms with Crippen molar-refractivity contribution in [1.82, 2.24) is 4.98 Å². The second kappa shape index (κ2) is 9.09. The van der Waals surface area contributed by atoms with Crippen molar-refractivity contribution in [2.75, 3.05) is 7.11 Å².